The average Bonchev–Trinajstić information content (AvgIpc) is 2.45. The predicted molar refractivity (Wildman–Crippen MR) is 69.4 cm³/mol. The van der Waals surface area contributed by atoms with Gasteiger partial charge in [0, 0.05) is 18.2 Å². The second-order valence-electron chi connectivity index (χ2n) is 4.94. The van der Waals surface area contributed by atoms with E-state index in [-0.39, 0.29) is 11.6 Å². The van der Waals surface area contributed by atoms with Crippen molar-refractivity contribution in [2.45, 2.75) is 31.5 Å². The molecule has 2 rings (SSSR count). The van der Waals surface area contributed by atoms with E-state index in [9.17, 15) is 18.0 Å². The quantitative estimate of drug-likeness (QED) is 0.896. The minimum atomic E-state index is -4.43. The third kappa shape index (κ3) is 3.96. The number of halogens is 3. The lowest BCUT2D eigenvalue weighted by atomic mass is 10.0. The van der Waals surface area contributed by atoms with Crippen LogP contribution in [0.4, 0.5) is 13.2 Å². The number of amides is 1. The third-order valence-electron chi connectivity index (χ3n) is 3.37. The van der Waals surface area contributed by atoms with Gasteiger partial charge in [0.1, 0.15) is 0 Å². The first-order chi connectivity index (χ1) is 9.47. The molecule has 1 aliphatic heterocycles. The summed E-state index contributed by atoms with van der Waals surface area (Å²) in [4.78, 5) is 11.9. The van der Waals surface area contributed by atoms with Crippen LogP contribution in [0.5, 0.6) is 0 Å². The van der Waals surface area contributed by atoms with E-state index in [1.807, 2.05) is 0 Å². The van der Waals surface area contributed by atoms with Gasteiger partial charge in [0.2, 0.25) is 0 Å². The molecule has 1 unspecified atom stereocenters. The van der Waals surface area contributed by atoms with Crippen molar-refractivity contribution in [3.05, 3.63) is 35.4 Å². The summed E-state index contributed by atoms with van der Waals surface area (Å²) in [6.07, 6.45) is -1.22. The summed E-state index contributed by atoms with van der Waals surface area (Å²) >= 11 is 0. The Morgan fingerprint density at radius 2 is 2.15 bits per heavy atom. The topological polar surface area (TPSA) is 41.1 Å². The smallest absolute Gasteiger partial charge is 0.350 e. The number of carbonyl (C=O) groups excluding carboxylic acids is 1. The second kappa shape index (κ2) is 6.26. The average molecular weight is 286 g/mol. The maximum Gasteiger partial charge on any atom is 0.416 e. The Kier molecular flexibility index (Phi) is 4.65. The van der Waals surface area contributed by atoms with Gasteiger partial charge in [-0.25, -0.2) is 0 Å². The summed E-state index contributed by atoms with van der Waals surface area (Å²) in [6.45, 7) is 1.36. The van der Waals surface area contributed by atoms with Gasteiger partial charge >= 0.3 is 6.18 Å². The number of nitrogens with one attached hydrogen (secondary N) is 2. The molecule has 6 heteroatoms. The number of piperidine rings is 1. The molecule has 2 N–H and O–H groups in total. The largest absolute Gasteiger partial charge is 0.416 e. The molecule has 1 heterocycles. The molecule has 0 radical (unpaired) electrons. The molecule has 0 aromatic heterocycles. The fourth-order valence-electron chi connectivity index (χ4n) is 2.25. The van der Waals surface area contributed by atoms with Gasteiger partial charge in [0.05, 0.1) is 5.56 Å². The molecule has 3 nitrogen and oxygen atoms in total. The Balaban J connectivity index is 1.95. The Morgan fingerprint density at radius 3 is 2.80 bits per heavy atom. The van der Waals surface area contributed by atoms with Crippen LogP contribution >= 0.6 is 0 Å². The number of alkyl halides is 3. The molecule has 0 saturated carbocycles. The SMILES string of the molecule is O=C(NCC1CCCCN1)c1cccc(C(F)(F)F)c1. The molecule has 0 spiro atoms. The molecule has 0 aliphatic carbocycles. The minimum absolute atomic E-state index is 0.0376. The molecule has 1 fully saturated rings. The van der Waals surface area contributed by atoms with Crippen molar-refractivity contribution in [3.8, 4) is 0 Å². The molecule has 1 saturated heterocycles. The van der Waals surface area contributed by atoms with Crippen LogP contribution in [0.3, 0.4) is 0 Å². The van der Waals surface area contributed by atoms with E-state index >= 15 is 0 Å². The van der Waals surface area contributed by atoms with Gasteiger partial charge in [-0.2, -0.15) is 13.2 Å². The first kappa shape index (κ1) is 14.8. The van der Waals surface area contributed by atoms with Crippen molar-refractivity contribution in [2.75, 3.05) is 13.1 Å². The van der Waals surface area contributed by atoms with E-state index in [1.54, 1.807) is 0 Å². The summed E-state index contributed by atoms with van der Waals surface area (Å²) in [6, 6.07) is 4.68. The van der Waals surface area contributed by atoms with Crippen LogP contribution in [0.2, 0.25) is 0 Å². The third-order valence-corrected chi connectivity index (χ3v) is 3.37. The highest BCUT2D eigenvalue weighted by molar-refractivity contribution is 5.94. The van der Waals surface area contributed by atoms with Crippen LogP contribution < -0.4 is 10.6 Å². The zero-order valence-corrected chi connectivity index (χ0v) is 11.0. The monoisotopic (exact) mass is 286 g/mol. The van der Waals surface area contributed by atoms with Crippen molar-refractivity contribution < 1.29 is 18.0 Å². The van der Waals surface area contributed by atoms with Crippen molar-refractivity contribution in [1.29, 1.82) is 0 Å². The zero-order chi connectivity index (χ0) is 14.6. The molecule has 0 bridgehead atoms. The highest BCUT2D eigenvalue weighted by Gasteiger charge is 2.30. The molecule has 1 aliphatic rings. The first-order valence-corrected chi connectivity index (χ1v) is 6.65. The van der Waals surface area contributed by atoms with E-state index in [2.05, 4.69) is 10.6 Å². The lowest BCUT2D eigenvalue weighted by Gasteiger charge is -2.23. The van der Waals surface area contributed by atoms with Crippen LogP contribution in [0.25, 0.3) is 0 Å². The number of hydrogen-bond acceptors (Lipinski definition) is 2. The molecule has 1 atom stereocenters. The van der Waals surface area contributed by atoms with Gasteiger partial charge in [-0.1, -0.05) is 12.5 Å². The van der Waals surface area contributed by atoms with Gasteiger partial charge in [-0.15, -0.1) is 0 Å². The fourth-order valence-corrected chi connectivity index (χ4v) is 2.25. The standard InChI is InChI=1S/C14H17F3N2O/c15-14(16,17)11-5-3-4-10(8-11)13(20)19-9-12-6-1-2-7-18-12/h3-5,8,12,18H,1-2,6-7,9H2,(H,19,20). The lowest BCUT2D eigenvalue weighted by Crippen LogP contribution is -2.43. The van der Waals surface area contributed by atoms with Crippen LogP contribution in [-0.2, 0) is 6.18 Å². The van der Waals surface area contributed by atoms with Gasteiger partial charge < -0.3 is 10.6 Å². The van der Waals surface area contributed by atoms with Crippen LogP contribution in [0.1, 0.15) is 35.2 Å². The van der Waals surface area contributed by atoms with E-state index in [4.69, 9.17) is 0 Å². The normalized spacial score (nSPS) is 19.6. The summed E-state index contributed by atoms with van der Waals surface area (Å²) in [7, 11) is 0. The van der Waals surface area contributed by atoms with E-state index < -0.39 is 17.6 Å². The molecule has 20 heavy (non-hydrogen) atoms. The Labute approximate surface area is 115 Å². The summed E-state index contributed by atoms with van der Waals surface area (Å²) in [5.74, 6) is -0.469. The first-order valence-electron chi connectivity index (χ1n) is 6.65. The number of hydrogen-bond donors (Lipinski definition) is 2. The van der Waals surface area contributed by atoms with Gasteiger partial charge in [-0.05, 0) is 37.6 Å². The summed E-state index contributed by atoms with van der Waals surface area (Å²) < 4.78 is 37.7. The van der Waals surface area contributed by atoms with Gasteiger partial charge in [-0.3, -0.25) is 4.79 Å². The Hall–Kier alpha value is -1.56. The second-order valence-corrected chi connectivity index (χ2v) is 4.94. The van der Waals surface area contributed by atoms with Crippen molar-refractivity contribution in [3.63, 3.8) is 0 Å². The molecular weight excluding hydrogens is 269 g/mol. The number of benzene rings is 1. The fraction of sp³-hybridized carbons (Fsp3) is 0.500. The van der Waals surface area contributed by atoms with E-state index in [1.165, 1.54) is 12.1 Å². The maximum absolute atomic E-state index is 12.6. The Bertz CT molecular complexity index is 468. The van der Waals surface area contributed by atoms with Crippen LogP contribution in [0, 0.1) is 0 Å². The van der Waals surface area contributed by atoms with Gasteiger partial charge in [0.25, 0.3) is 5.91 Å². The summed E-state index contributed by atoms with van der Waals surface area (Å²) in [5.41, 5.74) is -0.767. The van der Waals surface area contributed by atoms with Crippen molar-refractivity contribution >= 4 is 5.91 Å². The highest BCUT2D eigenvalue weighted by Crippen LogP contribution is 2.29. The zero-order valence-electron chi connectivity index (χ0n) is 11.0. The van der Waals surface area contributed by atoms with Crippen molar-refractivity contribution in [1.82, 2.24) is 10.6 Å². The molecule has 1 amide bonds. The van der Waals surface area contributed by atoms with Gasteiger partial charge in [0.15, 0.2) is 0 Å². The van der Waals surface area contributed by atoms with Crippen LogP contribution in [-0.4, -0.2) is 25.0 Å². The number of carbonyl (C=O) groups is 1. The predicted octanol–water partition coefficient (Wildman–Crippen LogP) is 2.58. The summed E-state index contributed by atoms with van der Waals surface area (Å²) in [5, 5.41) is 5.95. The lowest BCUT2D eigenvalue weighted by molar-refractivity contribution is -0.137. The van der Waals surface area contributed by atoms with Crippen LogP contribution in [0.15, 0.2) is 24.3 Å². The molecule has 1 aromatic carbocycles. The highest BCUT2D eigenvalue weighted by atomic mass is 19.4. The van der Waals surface area contributed by atoms with E-state index in [0.29, 0.717) is 6.54 Å². The molecular formula is C14H17F3N2O. The number of rotatable bonds is 3. The maximum atomic E-state index is 12.6. The minimum Gasteiger partial charge on any atom is -0.350 e. The Morgan fingerprint density at radius 1 is 1.35 bits per heavy atom. The molecule has 110 valence electrons. The van der Waals surface area contributed by atoms with Crippen molar-refractivity contribution in [2.24, 2.45) is 0 Å². The molecule has 1 aromatic rings. The van der Waals surface area contributed by atoms with E-state index in [0.717, 1.165) is 37.9 Å².